The second-order valence-electron chi connectivity index (χ2n) is 5.56. The monoisotopic (exact) mass is 330 g/mol. The van der Waals surface area contributed by atoms with Crippen LogP contribution in [-0.2, 0) is 6.54 Å². The summed E-state index contributed by atoms with van der Waals surface area (Å²) in [5.74, 6) is 0. The lowest BCUT2D eigenvalue weighted by Gasteiger charge is -2.34. The number of piperazine rings is 1. The van der Waals surface area contributed by atoms with Gasteiger partial charge in [0.2, 0.25) is 0 Å². The van der Waals surface area contributed by atoms with E-state index in [2.05, 4.69) is 21.3 Å². The van der Waals surface area contributed by atoms with Gasteiger partial charge in [0.25, 0.3) is 0 Å². The predicted octanol–water partition coefficient (Wildman–Crippen LogP) is 3.08. The molecule has 3 rings (SSSR count). The van der Waals surface area contributed by atoms with Gasteiger partial charge in [0.05, 0.1) is 0 Å². The third-order valence-corrected chi connectivity index (χ3v) is 4.14. The van der Waals surface area contributed by atoms with E-state index in [1.165, 1.54) is 5.56 Å². The van der Waals surface area contributed by atoms with Crippen molar-refractivity contribution in [3.05, 3.63) is 59.4 Å². The van der Waals surface area contributed by atoms with Crippen LogP contribution >= 0.6 is 11.6 Å². The number of amides is 2. The molecule has 0 atom stereocenters. The fourth-order valence-corrected chi connectivity index (χ4v) is 2.72. The van der Waals surface area contributed by atoms with Crippen LogP contribution in [0.3, 0.4) is 0 Å². The normalized spacial score (nSPS) is 15.4. The van der Waals surface area contributed by atoms with Crippen LogP contribution in [0, 0.1) is 0 Å². The van der Waals surface area contributed by atoms with Crippen molar-refractivity contribution in [2.75, 3.05) is 31.5 Å². The molecule has 1 aromatic carbocycles. The third kappa shape index (κ3) is 4.43. The van der Waals surface area contributed by atoms with Crippen LogP contribution in [0.4, 0.5) is 10.5 Å². The quantitative estimate of drug-likeness (QED) is 0.940. The van der Waals surface area contributed by atoms with Gasteiger partial charge in [-0.3, -0.25) is 9.88 Å². The average molecular weight is 331 g/mol. The molecule has 2 aromatic rings. The summed E-state index contributed by atoms with van der Waals surface area (Å²) in [5, 5.41) is 3.56. The SMILES string of the molecule is O=C(Nc1ccc(Cl)cc1)N1CCN(Cc2cccnc2)CC1. The van der Waals surface area contributed by atoms with E-state index in [-0.39, 0.29) is 6.03 Å². The standard InChI is InChI=1S/C17H19ClN4O/c18-15-3-5-16(6-4-15)20-17(23)22-10-8-21(9-11-22)13-14-2-1-7-19-12-14/h1-7,12H,8-11,13H2,(H,20,23). The van der Waals surface area contributed by atoms with Gasteiger partial charge in [-0.05, 0) is 35.9 Å². The first-order chi connectivity index (χ1) is 11.2. The Bertz CT molecular complexity index is 639. The van der Waals surface area contributed by atoms with Crippen LogP contribution in [0.15, 0.2) is 48.8 Å². The molecule has 0 bridgehead atoms. The van der Waals surface area contributed by atoms with Gasteiger partial charge >= 0.3 is 6.03 Å². The summed E-state index contributed by atoms with van der Waals surface area (Å²) in [7, 11) is 0. The van der Waals surface area contributed by atoms with Crippen molar-refractivity contribution in [1.29, 1.82) is 0 Å². The van der Waals surface area contributed by atoms with Crippen LogP contribution in [0.5, 0.6) is 0 Å². The molecular weight excluding hydrogens is 312 g/mol. The van der Waals surface area contributed by atoms with Crippen LogP contribution in [-0.4, -0.2) is 47.0 Å². The number of hydrogen-bond donors (Lipinski definition) is 1. The molecule has 1 saturated heterocycles. The molecule has 23 heavy (non-hydrogen) atoms. The van der Waals surface area contributed by atoms with Crippen LogP contribution in [0.1, 0.15) is 5.56 Å². The molecule has 1 N–H and O–H groups in total. The van der Waals surface area contributed by atoms with E-state index < -0.39 is 0 Å². The number of hydrogen-bond acceptors (Lipinski definition) is 3. The zero-order valence-corrected chi connectivity index (χ0v) is 13.5. The van der Waals surface area contributed by atoms with E-state index in [1.54, 1.807) is 30.5 Å². The Balaban J connectivity index is 1.48. The molecule has 120 valence electrons. The van der Waals surface area contributed by atoms with E-state index in [0.717, 1.165) is 38.4 Å². The Morgan fingerprint density at radius 3 is 2.52 bits per heavy atom. The Hall–Kier alpha value is -2.11. The molecule has 0 saturated carbocycles. The topological polar surface area (TPSA) is 48.5 Å². The molecule has 2 amide bonds. The largest absolute Gasteiger partial charge is 0.322 e. The first-order valence-corrected chi connectivity index (χ1v) is 8.01. The van der Waals surface area contributed by atoms with Gasteiger partial charge in [-0.25, -0.2) is 4.79 Å². The van der Waals surface area contributed by atoms with E-state index in [0.29, 0.717) is 5.02 Å². The molecule has 1 aliphatic heterocycles. The Morgan fingerprint density at radius 2 is 1.87 bits per heavy atom. The maximum Gasteiger partial charge on any atom is 0.321 e. The van der Waals surface area contributed by atoms with Gasteiger partial charge in [0, 0.05) is 55.8 Å². The highest BCUT2D eigenvalue weighted by Crippen LogP contribution is 2.15. The summed E-state index contributed by atoms with van der Waals surface area (Å²) in [6.45, 7) is 4.05. The second kappa shape index (κ2) is 7.44. The molecule has 2 heterocycles. The number of benzene rings is 1. The van der Waals surface area contributed by atoms with Gasteiger partial charge in [-0.2, -0.15) is 0 Å². The number of carbonyl (C=O) groups excluding carboxylic acids is 1. The van der Waals surface area contributed by atoms with Gasteiger partial charge in [0.15, 0.2) is 0 Å². The zero-order chi connectivity index (χ0) is 16.1. The van der Waals surface area contributed by atoms with Crippen molar-refractivity contribution in [3.8, 4) is 0 Å². The minimum Gasteiger partial charge on any atom is -0.322 e. The fraction of sp³-hybridized carbons (Fsp3) is 0.294. The van der Waals surface area contributed by atoms with Crippen LogP contribution in [0.25, 0.3) is 0 Å². The van der Waals surface area contributed by atoms with Gasteiger partial charge in [-0.1, -0.05) is 17.7 Å². The molecule has 6 heteroatoms. The number of halogens is 1. The van der Waals surface area contributed by atoms with E-state index >= 15 is 0 Å². The number of aromatic nitrogens is 1. The summed E-state index contributed by atoms with van der Waals surface area (Å²) in [6, 6.07) is 11.1. The lowest BCUT2D eigenvalue weighted by atomic mass is 10.2. The lowest BCUT2D eigenvalue weighted by molar-refractivity contribution is 0.143. The maximum atomic E-state index is 12.3. The highest BCUT2D eigenvalue weighted by atomic mass is 35.5. The molecule has 5 nitrogen and oxygen atoms in total. The van der Waals surface area contributed by atoms with Gasteiger partial charge in [0.1, 0.15) is 0 Å². The average Bonchev–Trinajstić information content (AvgIpc) is 2.58. The third-order valence-electron chi connectivity index (χ3n) is 3.88. The molecule has 0 aliphatic carbocycles. The van der Waals surface area contributed by atoms with Crippen molar-refractivity contribution in [2.24, 2.45) is 0 Å². The first kappa shape index (κ1) is 15.8. The first-order valence-electron chi connectivity index (χ1n) is 7.63. The molecule has 0 spiro atoms. The van der Waals surface area contributed by atoms with Crippen molar-refractivity contribution < 1.29 is 4.79 Å². The summed E-state index contributed by atoms with van der Waals surface area (Å²) >= 11 is 5.85. The van der Waals surface area contributed by atoms with Gasteiger partial charge in [-0.15, -0.1) is 0 Å². The van der Waals surface area contributed by atoms with E-state index in [1.807, 2.05) is 17.2 Å². The Morgan fingerprint density at radius 1 is 1.13 bits per heavy atom. The molecule has 0 radical (unpaired) electrons. The predicted molar refractivity (Wildman–Crippen MR) is 91.6 cm³/mol. The fourth-order valence-electron chi connectivity index (χ4n) is 2.59. The zero-order valence-electron chi connectivity index (χ0n) is 12.8. The lowest BCUT2D eigenvalue weighted by Crippen LogP contribution is -2.49. The molecule has 1 fully saturated rings. The van der Waals surface area contributed by atoms with E-state index in [4.69, 9.17) is 11.6 Å². The maximum absolute atomic E-state index is 12.3. The number of nitrogens with zero attached hydrogens (tertiary/aromatic N) is 3. The summed E-state index contributed by atoms with van der Waals surface area (Å²) in [6.07, 6.45) is 3.67. The second-order valence-corrected chi connectivity index (χ2v) is 6.00. The summed E-state index contributed by atoms with van der Waals surface area (Å²) in [4.78, 5) is 20.6. The van der Waals surface area contributed by atoms with Crippen LogP contribution in [0.2, 0.25) is 5.02 Å². The highest BCUT2D eigenvalue weighted by Gasteiger charge is 2.21. The number of urea groups is 1. The number of anilines is 1. The number of nitrogens with one attached hydrogen (secondary N) is 1. The van der Waals surface area contributed by atoms with E-state index in [9.17, 15) is 4.79 Å². The van der Waals surface area contributed by atoms with Crippen molar-refractivity contribution in [1.82, 2.24) is 14.8 Å². The number of pyridine rings is 1. The molecular formula is C17H19ClN4O. The minimum atomic E-state index is -0.0617. The molecule has 0 unspecified atom stereocenters. The van der Waals surface area contributed by atoms with Gasteiger partial charge < -0.3 is 10.2 Å². The molecule has 1 aliphatic rings. The van der Waals surface area contributed by atoms with Crippen molar-refractivity contribution in [2.45, 2.75) is 6.54 Å². The smallest absolute Gasteiger partial charge is 0.321 e. The number of carbonyl (C=O) groups is 1. The Labute approximate surface area is 140 Å². The Kier molecular flexibility index (Phi) is 5.10. The van der Waals surface area contributed by atoms with Crippen LogP contribution < -0.4 is 5.32 Å². The van der Waals surface area contributed by atoms with Crippen molar-refractivity contribution in [3.63, 3.8) is 0 Å². The van der Waals surface area contributed by atoms with Crippen molar-refractivity contribution >= 4 is 23.3 Å². The summed E-state index contributed by atoms with van der Waals surface area (Å²) in [5.41, 5.74) is 1.96. The minimum absolute atomic E-state index is 0.0617. The number of rotatable bonds is 3. The molecule has 1 aromatic heterocycles. The summed E-state index contributed by atoms with van der Waals surface area (Å²) < 4.78 is 0. The highest BCUT2D eigenvalue weighted by molar-refractivity contribution is 6.30.